The molecule has 0 aliphatic rings. The first-order chi connectivity index (χ1) is 5.88. The third kappa shape index (κ3) is 3.44. The van der Waals surface area contributed by atoms with Gasteiger partial charge in [-0.25, -0.2) is 0 Å². The Bertz CT molecular complexity index is 414. The number of aryl methyl sites for hydroxylation is 1. The Hall–Kier alpha value is -0.420. The minimum Gasteiger partial charge on any atom is -0.194 e. The smallest absolute Gasteiger partial charge is 0.194 e. The highest BCUT2D eigenvalue weighted by Crippen LogP contribution is 2.18. The molecule has 0 aliphatic carbocycles. The van der Waals surface area contributed by atoms with Crippen LogP contribution in [0.1, 0.15) is 11.1 Å². The predicted octanol–water partition coefficient (Wildman–Crippen LogP) is 2.56. The van der Waals surface area contributed by atoms with Crippen molar-refractivity contribution in [3.8, 4) is 0 Å². The second-order valence-corrected chi connectivity index (χ2v) is 4.99. The van der Waals surface area contributed by atoms with E-state index in [1.54, 1.807) is 18.2 Å². The van der Waals surface area contributed by atoms with E-state index in [1.807, 2.05) is 6.92 Å². The van der Waals surface area contributed by atoms with Crippen LogP contribution in [0.25, 0.3) is 0 Å². The molecule has 0 atom stereocenters. The van der Waals surface area contributed by atoms with Crippen molar-refractivity contribution in [2.24, 2.45) is 0 Å². The fourth-order valence-electron chi connectivity index (χ4n) is 0.996. The summed E-state index contributed by atoms with van der Waals surface area (Å²) >= 11 is 3.27. The molecule has 0 unspecified atom stereocenters. The lowest BCUT2D eigenvalue weighted by molar-refractivity contribution is 0.551. The van der Waals surface area contributed by atoms with Gasteiger partial charge in [-0.1, -0.05) is 28.1 Å². The van der Waals surface area contributed by atoms with Crippen molar-refractivity contribution in [2.45, 2.75) is 12.7 Å². The van der Waals surface area contributed by atoms with Crippen LogP contribution in [0.2, 0.25) is 0 Å². The standard InChI is InChI=1S/C8H8BrFO2S/c1-6-4-7(2-3-8(6)9)5-13(10,11)12/h2-4H,5H2,1H3. The van der Waals surface area contributed by atoms with Crippen molar-refractivity contribution in [1.29, 1.82) is 0 Å². The summed E-state index contributed by atoms with van der Waals surface area (Å²) in [5, 5.41) is 0. The van der Waals surface area contributed by atoms with Gasteiger partial charge in [0.1, 0.15) is 5.75 Å². The molecule has 0 spiro atoms. The quantitative estimate of drug-likeness (QED) is 0.772. The highest BCUT2D eigenvalue weighted by Gasteiger charge is 2.09. The molecule has 0 bridgehead atoms. The van der Waals surface area contributed by atoms with E-state index in [-0.39, 0.29) is 0 Å². The molecule has 0 heterocycles. The van der Waals surface area contributed by atoms with Crippen molar-refractivity contribution in [3.63, 3.8) is 0 Å². The van der Waals surface area contributed by atoms with Crippen LogP contribution in [0.3, 0.4) is 0 Å². The minimum absolute atomic E-state index is 0.461. The minimum atomic E-state index is -4.42. The molecule has 1 rings (SSSR count). The van der Waals surface area contributed by atoms with Crippen molar-refractivity contribution in [3.05, 3.63) is 33.8 Å². The maximum absolute atomic E-state index is 12.3. The normalized spacial score (nSPS) is 11.6. The van der Waals surface area contributed by atoms with Gasteiger partial charge in [-0.3, -0.25) is 0 Å². The molecule has 5 heteroatoms. The van der Waals surface area contributed by atoms with E-state index < -0.39 is 16.0 Å². The van der Waals surface area contributed by atoms with Gasteiger partial charge in [0, 0.05) is 4.47 Å². The third-order valence-corrected chi connectivity index (χ3v) is 3.13. The Kier molecular flexibility index (Phi) is 3.08. The van der Waals surface area contributed by atoms with Crippen molar-refractivity contribution in [2.75, 3.05) is 0 Å². The van der Waals surface area contributed by atoms with Gasteiger partial charge < -0.3 is 0 Å². The number of rotatable bonds is 2. The molecular weight excluding hydrogens is 259 g/mol. The van der Waals surface area contributed by atoms with Gasteiger partial charge in [0.25, 0.3) is 0 Å². The molecule has 72 valence electrons. The van der Waals surface area contributed by atoms with E-state index in [1.165, 1.54) is 0 Å². The van der Waals surface area contributed by atoms with Crippen molar-refractivity contribution < 1.29 is 12.3 Å². The summed E-state index contributed by atoms with van der Waals surface area (Å²) in [6.45, 7) is 1.82. The number of hydrogen-bond acceptors (Lipinski definition) is 2. The zero-order valence-corrected chi connectivity index (χ0v) is 9.32. The Morgan fingerprint density at radius 3 is 2.54 bits per heavy atom. The average molecular weight is 267 g/mol. The summed E-state index contributed by atoms with van der Waals surface area (Å²) in [5.74, 6) is -0.554. The third-order valence-electron chi connectivity index (χ3n) is 1.56. The second-order valence-electron chi connectivity index (χ2n) is 2.77. The van der Waals surface area contributed by atoms with E-state index in [2.05, 4.69) is 15.9 Å². The zero-order chi connectivity index (χ0) is 10.1. The molecular formula is C8H8BrFO2S. The van der Waals surface area contributed by atoms with Crippen LogP contribution in [-0.2, 0) is 16.0 Å². The summed E-state index contributed by atoms with van der Waals surface area (Å²) in [5.41, 5.74) is 1.35. The maximum Gasteiger partial charge on any atom is 0.306 e. The molecule has 0 N–H and O–H groups in total. The van der Waals surface area contributed by atoms with E-state index in [4.69, 9.17) is 0 Å². The maximum atomic E-state index is 12.3. The molecule has 1 aromatic carbocycles. The van der Waals surface area contributed by atoms with Crippen LogP contribution in [0.15, 0.2) is 22.7 Å². The van der Waals surface area contributed by atoms with Gasteiger partial charge >= 0.3 is 10.2 Å². The average Bonchev–Trinajstić information content (AvgIpc) is 1.94. The predicted molar refractivity (Wildman–Crippen MR) is 52.6 cm³/mol. The van der Waals surface area contributed by atoms with Crippen LogP contribution in [0.4, 0.5) is 3.89 Å². The summed E-state index contributed by atoms with van der Waals surface area (Å²) < 4.78 is 33.8. The molecule has 0 saturated carbocycles. The van der Waals surface area contributed by atoms with Gasteiger partial charge in [0.05, 0.1) is 0 Å². The van der Waals surface area contributed by atoms with Gasteiger partial charge in [-0.15, -0.1) is 3.89 Å². The second kappa shape index (κ2) is 3.75. The highest BCUT2D eigenvalue weighted by atomic mass is 79.9. The Morgan fingerprint density at radius 1 is 1.46 bits per heavy atom. The molecule has 13 heavy (non-hydrogen) atoms. The molecule has 0 saturated heterocycles. The molecule has 0 radical (unpaired) electrons. The van der Waals surface area contributed by atoms with Crippen LogP contribution < -0.4 is 0 Å². The first-order valence-corrected chi connectivity index (χ1v) is 5.90. The first-order valence-electron chi connectivity index (χ1n) is 3.56. The van der Waals surface area contributed by atoms with Crippen molar-refractivity contribution in [1.82, 2.24) is 0 Å². The van der Waals surface area contributed by atoms with E-state index >= 15 is 0 Å². The van der Waals surface area contributed by atoms with E-state index in [0.717, 1.165) is 10.0 Å². The van der Waals surface area contributed by atoms with Gasteiger partial charge in [0.2, 0.25) is 0 Å². The monoisotopic (exact) mass is 266 g/mol. The number of halogens is 2. The molecule has 0 aliphatic heterocycles. The lowest BCUT2D eigenvalue weighted by atomic mass is 10.2. The molecule has 0 amide bonds. The number of hydrogen-bond donors (Lipinski definition) is 0. The largest absolute Gasteiger partial charge is 0.306 e. The van der Waals surface area contributed by atoms with E-state index in [0.29, 0.717) is 5.56 Å². The molecule has 0 fully saturated rings. The van der Waals surface area contributed by atoms with Gasteiger partial charge in [0.15, 0.2) is 0 Å². The van der Waals surface area contributed by atoms with Gasteiger partial charge in [-0.2, -0.15) is 8.42 Å². The van der Waals surface area contributed by atoms with Crippen LogP contribution in [0.5, 0.6) is 0 Å². The van der Waals surface area contributed by atoms with Crippen LogP contribution in [-0.4, -0.2) is 8.42 Å². The summed E-state index contributed by atoms with van der Waals surface area (Å²) in [7, 11) is -4.42. The lowest BCUT2D eigenvalue weighted by Gasteiger charge is -2.01. The SMILES string of the molecule is Cc1cc(CS(=O)(=O)F)ccc1Br. The first kappa shape index (κ1) is 10.7. The highest BCUT2D eigenvalue weighted by molar-refractivity contribution is 9.10. The topological polar surface area (TPSA) is 34.1 Å². The molecule has 1 aromatic rings. The Balaban J connectivity index is 2.99. The number of benzene rings is 1. The summed E-state index contributed by atoms with van der Waals surface area (Å²) in [6.07, 6.45) is 0. The summed E-state index contributed by atoms with van der Waals surface area (Å²) in [6, 6.07) is 4.92. The van der Waals surface area contributed by atoms with Crippen LogP contribution in [0, 0.1) is 6.92 Å². The zero-order valence-electron chi connectivity index (χ0n) is 6.92. The van der Waals surface area contributed by atoms with Crippen molar-refractivity contribution >= 4 is 26.2 Å². The Labute approximate surface area is 85.1 Å². The molecule has 0 aromatic heterocycles. The van der Waals surface area contributed by atoms with Gasteiger partial charge in [-0.05, 0) is 24.1 Å². The fourth-order valence-corrected chi connectivity index (χ4v) is 1.82. The van der Waals surface area contributed by atoms with Crippen LogP contribution >= 0.6 is 15.9 Å². The summed E-state index contributed by atoms with van der Waals surface area (Å²) in [4.78, 5) is 0. The molecule has 2 nitrogen and oxygen atoms in total. The fraction of sp³-hybridized carbons (Fsp3) is 0.250. The Morgan fingerprint density at radius 2 is 2.08 bits per heavy atom. The van der Waals surface area contributed by atoms with E-state index in [9.17, 15) is 12.3 Å². The lowest BCUT2D eigenvalue weighted by Crippen LogP contribution is -1.96.